The molecule has 3 aromatic carbocycles. The Morgan fingerprint density at radius 2 is 1.67 bits per heavy atom. The zero-order chi connectivity index (χ0) is 18.6. The summed E-state index contributed by atoms with van der Waals surface area (Å²) in [5, 5.41) is 12.9. The van der Waals surface area contributed by atoms with E-state index in [1.54, 1.807) is 6.07 Å². The maximum Gasteiger partial charge on any atom is 0.258 e. The molecule has 1 atom stereocenters. The zero-order valence-corrected chi connectivity index (χ0v) is 15.8. The predicted molar refractivity (Wildman–Crippen MR) is 108 cm³/mol. The van der Waals surface area contributed by atoms with Crippen LogP contribution in [-0.4, -0.2) is 20.3 Å². The van der Waals surface area contributed by atoms with Crippen molar-refractivity contribution in [2.24, 2.45) is 0 Å². The van der Waals surface area contributed by atoms with Crippen LogP contribution in [0.3, 0.4) is 0 Å². The van der Waals surface area contributed by atoms with Gasteiger partial charge in [-0.2, -0.15) is 0 Å². The first-order valence-electron chi connectivity index (χ1n) is 8.25. The molecule has 0 saturated carbocycles. The summed E-state index contributed by atoms with van der Waals surface area (Å²) in [4.78, 5) is 12.7. The third-order valence-electron chi connectivity index (χ3n) is 4.00. The molecule has 7 heteroatoms. The molecule has 0 spiro atoms. The molecule has 0 fully saturated rings. The normalized spacial score (nSPS) is 12.0. The molecule has 0 saturated heterocycles. The van der Waals surface area contributed by atoms with E-state index in [-0.39, 0.29) is 5.91 Å². The maximum absolute atomic E-state index is 12.7. The Bertz CT molecular complexity index is 1120. The fourth-order valence-electron chi connectivity index (χ4n) is 2.73. The van der Waals surface area contributed by atoms with Crippen LogP contribution >= 0.6 is 11.3 Å². The van der Waals surface area contributed by atoms with Crippen LogP contribution in [0.15, 0.2) is 77.1 Å². The Labute approximate surface area is 162 Å². The second-order valence-corrected chi connectivity index (χ2v) is 8.43. The van der Waals surface area contributed by atoms with E-state index in [1.807, 2.05) is 66.7 Å². The Hall–Kier alpha value is -2.90. The Morgan fingerprint density at radius 1 is 0.926 bits per heavy atom. The largest absolute Gasteiger partial charge is 0.296 e. The minimum atomic E-state index is -1.30. The lowest BCUT2D eigenvalue weighted by Crippen LogP contribution is -2.12. The van der Waals surface area contributed by atoms with Gasteiger partial charge in [0.25, 0.3) is 5.91 Å². The molecular formula is C20H15N3O2S2. The van der Waals surface area contributed by atoms with Gasteiger partial charge in [-0.05, 0) is 22.4 Å². The van der Waals surface area contributed by atoms with E-state index in [4.69, 9.17) is 0 Å². The number of benzene rings is 3. The van der Waals surface area contributed by atoms with Crippen LogP contribution in [0.1, 0.15) is 15.9 Å². The maximum atomic E-state index is 12.7. The van der Waals surface area contributed by atoms with E-state index >= 15 is 0 Å². The van der Waals surface area contributed by atoms with E-state index in [1.165, 1.54) is 0 Å². The van der Waals surface area contributed by atoms with Gasteiger partial charge < -0.3 is 0 Å². The summed E-state index contributed by atoms with van der Waals surface area (Å²) in [6, 6.07) is 22.8. The van der Waals surface area contributed by atoms with Crippen LogP contribution in [0.25, 0.3) is 10.8 Å². The fraction of sp³-hybridized carbons (Fsp3) is 0.0500. The topological polar surface area (TPSA) is 72.0 Å². The van der Waals surface area contributed by atoms with E-state index in [2.05, 4.69) is 15.5 Å². The lowest BCUT2D eigenvalue weighted by molar-refractivity contribution is 0.102. The first kappa shape index (κ1) is 17.5. The number of amides is 1. The van der Waals surface area contributed by atoms with Crippen molar-refractivity contribution in [1.29, 1.82) is 0 Å². The molecule has 1 aromatic heterocycles. The first-order chi connectivity index (χ1) is 13.2. The molecule has 5 nitrogen and oxygen atoms in total. The summed E-state index contributed by atoms with van der Waals surface area (Å²) in [5.41, 5.74) is 1.53. The molecule has 0 radical (unpaired) electrons. The van der Waals surface area contributed by atoms with Gasteiger partial charge in [0.05, 0.1) is 16.6 Å². The summed E-state index contributed by atoms with van der Waals surface area (Å²) >= 11 is 1.13. The number of fused-ring (bicyclic) bond motifs is 1. The summed E-state index contributed by atoms with van der Waals surface area (Å²) in [5.74, 6) is 0.107. The van der Waals surface area contributed by atoms with Crippen molar-refractivity contribution in [2.75, 3.05) is 5.32 Å². The lowest BCUT2D eigenvalue weighted by atomic mass is 10.0. The first-order valence-corrected chi connectivity index (χ1v) is 10.4. The average molecular weight is 393 g/mol. The SMILES string of the molecule is O=C(Nc1nnc([S@@](=O)Cc2ccccc2)s1)c1cccc2ccccc12. The minimum Gasteiger partial charge on any atom is -0.296 e. The molecule has 134 valence electrons. The predicted octanol–water partition coefficient (Wildman–Crippen LogP) is 4.25. The molecule has 0 bridgehead atoms. The number of rotatable bonds is 5. The van der Waals surface area contributed by atoms with Crippen LogP contribution in [0.5, 0.6) is 0 Å². The molecule has 0 aliphatic rings. The highest BCUT2D eigenvalue weighted by atomic mass is 32.2. The van der Waals surface area contributed by atoms with E-state index in [9.17, 15) is 9.00 Å². The highest BCUT2D eigenvalue weighted by Crippen LogP contribution is 2.23. The van der Waals surface area contributed by atoms with Crippen molar-refractivity contribution in [3.8, 4) is 0 Å². The van der Waals surface area contributed by atoms with Gasteiger partial charge in [0.1, 0.15) is 0 Å². The van der Waals surface area contributed by atoms with Gasteiger partial charge in [0.15, 0.2) is 0 Å². The molecule has 4 rings (SSSR count). The van der Waals surface area contributed by atoms with Crippen LogP contribution in [0.4, 0.5) is 5.13 Å². The fourth-order valence-corrected chi connectivity index (χ4v) is 4.74. The number of nitrogens with zero attached hydrogens (tertiary/aromatic N) is 2. The second-order valence-electron chi connectivity index (χ2n) is 5.83. The Morgan fingerprint density at radius 3 is 2.52 bits per heavy atom. The molecule has 27 heavy (non-hydrogen) atoms. The molecule has 1 amide bonds. The van der Waals surface area contributed by atoms with E-state index in [0.717, 1.165) is 27.7 Å². The monoisotopic (exact) mass is 393 g/mol. The van der Waals surface area contributed by atoms with Crippen molar-refractivity contribution in [2.45, 2.75) is 10.1 Å². The molecule has 1 heterocycles. The number of nitrogens with one attached hydrogen (secondary N) is 1. The third-order valence-corrected chi connectivity index (χ3v) is 6.50. The third kappa shape index (κ3) is 3.94. The summed E-state index contributed by atoms with van der Waals surface area (Å²) in [7, 11) is -1.30. The van der Waals surface area contributed by atoms with Gasteiger partial charge in [-0.15, -0.1) is 10.2 Å². The highest BCUT2D eigenvalue weighted by molar-refractivity contribution is 7.86. The number of aromatic nitrogens is 2. The molecular weight excluding hydrogens is 378 g/mol. The highest BCUT2D eigenvalue weighted by Gasteiger charge is 2.15. The quantitative estimate of drug-likeness (QED) is 0.515. The summed E-state index contributed by atoms with van der Waals surface area (Å²) in [6.07, 6.45) is 0. The number of carbonyl (C=O) groups is 1. The zero-order valence-electron chi connectivity index (χ0n) is 14.2. The number of hydrogen-bond donors (Lipinski definition) is 1. The van der Waals surface area contributed by atoms with Gasteiger partial charge in [-0.3, -0.25) is 14.3 Å². The number of hydrogen-bond acceptors (Lipinski definition) is 5. The van der Waals surface area contributed by atoms with Crippen LogP contribution < -0.4 is 5.32 Å². The minimum absolute atomic E-state index is 0.261. The lowest BCUT2D eigenvalue weighted by Gasteiger charge is -2.05. The second kappa shape index (κ2) is 7.77. The van der Waals surface area contributed by atoms with Crippen molar-refractivity contribution in [3.05, 3.63) is 83.9 Å². The number of carbonyl (C=O) groups excluding carboxylic acids is 1. The van der Waals surface area contributed by atoms with E-state index in [0.29, 0.717) is 20.8 Å². The Balaban J connectivity index is 1.50. The molecule has 0 aliphatic carbocycles. The average Bonchev–Trinajstić information content (AvgIpc) is 3.17. The van der Waals surface area contributed by atoms with Crippen molar-refractivity contribution in [3.63, 3.8) is 0 Å². The summed E-state index contributed by atoms with van der Waals surface area (Å²) < 4.78 is 12.9. The standard InChI is InChI=1S/C20H15N3O2S2/c24-18(17-12-6-10-15-9-4-5-11-16(15)17)21-19-22-23-20(26-19)27(25)13-14-7-2-1-3-8-14/h1-12H,13H2,(H,21,22,24)/t27-/m0/s1. The van der Waals surface area contributed by atoms with Crippen LogP contribution in [0.2, 0.25) is 0 Å². The smallest absolute Gasteiger partial charge is 0.258 e. The summed E-state index contributed by atoms with van der Waals surface area (Å²) in [6.45, 7) is 0. The molecule has 1 N–H and O–H groups in total. The molecule has 0 unspecified atom stereocenters. The van der Waals surface area contributed by atoms with Gasteiger partial charge in [0.2, 0.25) is 9.47 Å². The van der Waals surface area contributed by atoms with Crippen molar-refractivity contribution >= 4 is 43.9 Å². The van der Waals surface area contributed by atoms with Gasteiger partial charge in [0, 0.05) is 5.56 Å². The number of anilines is 1. The van der Waals surface area contributed by atoms with Gasteiger partial charge in [-0.25, -0.2) is 0 Å². The molecule has 4 aromatic rings. The van der Waals surface area contributed by atoms with E-state index < -0.39 is 10.8 Å². The van der Waals surface area contributed by atoms with Crippen LogP contribution in [0, 0.1) is 0 Å². The van der Waals surface area contributed by atoms with Crippen molar-refractivity contribution in [1.82, 2.24) is 10.2 Å². The van der Waals surface area contributed by atoms with Crippen LogP contribution in [-0.2, 0) is 16.6 Å². The molecule has 0 aliphatic heterocycles. The van der Waals surface area contributed by atoms with Gasteiger partial charge in [-0.1, -0.05) is 78.1 Å². The van der Waals surface area contributed by atoms with Gasteiger partial charge >= 0.3 is 0 Å². The Kier molecular flexibility index (Phi) is 5.04. The van der Waals surface area contributed by atoms with Crippen molar-refractivity contribution < 1.29 is 9.00 Å².